The van der Waals surface area contributed by atoms with Gasteiger partial charge in [-0.1, -0.05) is 6.07 Å². The van der Waals surface area contributed by atoms with Gasteiger partial charge in [0.15, 0.2) is 5.43 Å². The van der Waals surface area contributed by atoms with Gasteiger partial charge in [-0.05, 0) is 12.1 Å². The topological polar surface area (TPSA) is 46.9 Å². The van der Waals surface area contributed by atoms with Crippen molar-refractivity contribution in [2.45, 2.75) is 6.54 Å². The van der Waals surface area contributed by atoms with Crippen molar-refractivity contribution in [3.8, 4) is 0 Å². The number of nitrogens with one attached hydrogen (secondary N) is 1. The maximum atomic E-state index is 10.9. The van der Waals surface area contributed by atoms with Gasteiger partial charge >= 0.3 is 0 Å². The molecular formula is C12H13N3O. The summed E-state index contributed by atoms with van der Waals surface area (Å²) in [5, 5.41) is 2.99. The van der Waals surface area contributed by atoms with Gasteiger partial charge in [0.25, 0.3) is 0 Å². The van der Waals surface area contributed by atoms with Gasteiger partial charge in [0.2, 0.25) is 0 Å². The van der Waals surface area contributed by atoms with Crippen molar-refractivity contribution in [2.75, 3.05) is 12.4 Å². The minimum atomic E-state index is 0.0215. The summed E-state index contributed by atoms with van der Waals surface area (Å²) in [7, 11) is 1.84. The Hall–Kier alpha value is -2.10. The third kappa shape index (κ3) is 2.48. The summed E-state index contributed by atoms with van der Waals surface area (Å²) in [6.45, 7) is 0.662. The number of aromatic nitrogens is 2. The molecule has 4 heteroatoms. The lowest BCUT2D eigenvalue weighted by atomic mass is 10.3. The van der Waals surface area contributed by atoms with E-state index >= 15 is 0 Å². The molecule has 0 unspecified atom stereocenters. The average molecular weight is 215 g/mol. The van der Waals surface area contributed by atoms with Gasteiger partial charge in [0.05, 0.1) is 12.2 Å². The number of hydrogen-bond donors (Lipinski definition) is 1. The molecule has 0 saturated heterocycles. The summed E-state index contributed by atoms with van der Waals surface area (Å²) in [4.78, 5) is 15.3. The number of hydrogen-bond acceptors (Lipinski definition) is 3. The Morgan fingerprint density at radius 3 is 2.69 bits per heavy atom. The SMILES string of the molecule is CNc1cccc(Cn2ccc(=O)cc2)n1. The lowest BCUT2D eigenvalue weighted by molar-refractivity contribution is 0.766. The van der Waals surface area contributed by atoms with E-state index < -0.39 is 0 Å². The average Bonchev–Trinajstić information content (AvgIpc) is 2.32. The van der Waals surface area contributed by atoms with Crippen LogP contribution in [0.1, 0.15) is 5.69 Å². The van der Waals surface area contributed by atoms with Crippen molar-refractivity contribution in [1.29, 1.82) is 0 Å². The Kier molecular flexibility index (Phi) is 3.00. The van der Waals surface area contributed by atoms with Crippen LogP contribution in [0.2, 0.25) is 0 Å². The molecule has 0 aliphatic heterocycles. The van der Waals surface area contributed by atoms with Gasteiger partial charge in [0.1, 0.15) is 5.82 Å². The quantitative estimate of drug-likeness (QED) is 0.840. The summed E-state index contributed by atoms with van der Waals surface area (Å²) in [5.41, 5.74) is 0.976. The summed E-state index contributed by atoms with van der Waals surface area (Å²) in [6, 6.07) is 8.91. The molecule has 0 aromatic carbocycles. The zero-order chi connectivity index (χ0) is 11.4. The molecule has 0 spiro atoms. The van der Waals surface area contributed by atoms with Crippen LogP contribution in [0.3, 0.4) is 0 Å². The molecule has 0 atom stereocenters. The third-order valence-electron chi connectivity index (χ3n) is 2.27. The van der Waals surface area contributed by atoms with E-state index in [1.165, 1.54) is 0 Å². The molecule has 0 aliphatic rings. The van der Waals surface area contributed by atoms with Gasteiger partial charge in [-0.25, -0.2) is 4.98 Å². The Labute approximate surface area is 93.6 Å². The molecule has 2 aromatic heterocycles. The Balaban J connectivity index is 2.20. The minimum absolute atomic E-state index is 0.0215. The van der Waals surface area contributed by atoms with Gasteiger partial charge in [-0.15, -0.1) is 0 Å². The highest BCUT2D eigenvalue weighted by molar-refractivity contribution is 5.34. The number of nitrogens with zero attached hydrogens (tertiary/aromatic N) is 2. The van der Waals surface area contributed by atoms with E-state index in [0.29, 0.717) is 6.54 Å². The molecule has 0 radical (unpaired) electrons. The van der Waals surface area contributed by atoms with E-state index in [1.807, 2.05) is 29.8 Å². The molecule has 2 aromatic rings. The predicted octanol–water partition coefficient (Wildman–Crippen LogP) is 1.33. The molecule has 82 valence electrons. The summed E-state index contributed by atoms with van der Waals surface area (Å²) >= 11 is 0. The molecule has 2 heterocycles. The van der Waals surface area contributed by atoms with Gasteiger partial charge in [0, 0.05) is 31.6 Å². The fourth-order valence-corrected chi connectivity index (χ4v) is 1.44. The smallest absolute Gasteiger partial charge is 0.181 e. The van der Waals surface area contributed by atoms with Crippen LogP contribution < -0.4 is 10.7 Å². The summed E-state index contributed by atoms with van der Waals surface area (Å²) in [5.74, 6) is 0.846. The molecular weight excluding hydrogens is 202 g/mol. The molecule has 4 nitrogen and oxygen atoms in total. The second-order valence-electron chi connectivity index (χ2n) is 3.47. The third-order valence-corrected chi connectivity index (χ3v) is 2.27. The first-order valence-corrected chi connectivity index (χ1v) is 5.08. The van der Waals surface area contributed by atoms with Crippen LogP contribution in [0, 0.1) is 0 Å². The monoisotopic (exact) mass is 215 g/mol. The lowest BCUT2D eigenvalue weighted by Crippen LogP contribution is -2.06. The van der Waals surface area contributed by atoms with E-state index in [-0.39, 0.29) is 5.43 Å². The first kappa shape index (κ1) is 10.4. The van der Waals surface area contributed by atoms with E-state index in [2.05, 4.69) is 10.3 Å². The highest BCUT2D eigenvalue weighted by Crippen LogP contribution is 2.05. The van der Waals surface area contributed by atoms with Crippen molar-refractivity contribution in [2.24, 2.45) is 0 Å². The molecule has 1 N–H and O–H groups in total. The van der Waals surface area contributed by atoms with E-state index in [1.54, 1.807) is 24.5 Å². The van der Waals surface area contributed by atoms with Crippen LogP contribution in [0.5, 0.6) is 0 Å². The van der Waals surface area contributed by atoms with Crippen molar-refractivity contribution in [1.82, 2.24) is 9.55 Å². The van der Waals surface area contributed by atoms with Crippen molar-refractivity contribution in [3.05, 3.63) is 58.6 Å². The summed E-state index contributed by atoms with van der Waals surface area (Å²) in [6.07, 6.45) is 3.52. The van der Waals surface area contributed by atoms with Gasteiger partial charge in [-0.3, -0.25) is 4.79 Å². The molecule has 2 rings (SSSR count). The van der Waals surface area contributed by atoms with Crippen LogP contribution in [-0.2, 0) is 6.54 Å². The maximum absolute atomic E-state index is 10.9. The molecule has 0 bridgehead atoms. The highest BCUT2D eigenvalue weighted by Gasteiger charge is 1.96. The summed E-state index contributed by atoms with van der Waals surface area (Å²) < 4.78 is 1.92. The largest absolute Gasteiger partial charge is 0.373 e. The standard InChI is InChI=1S/C12H13N3O/c1-13-12-4-2-3-10(14-12)9-15-7-5-11(16)6-8-15/h2-8H,9H2,1H3,(H,13,14). The fourth-order valence-electron chi connectivity index (χ4n) is 1.44. The zero-order valence-corrected chi connectivity index (χ0v) is 9.05. The van der Waals surface area contributed by atoms with Crippen molar-refractivity contribution >= 4 is 5.82 Å². The highest BCUT2D eigenvalue weighted by atomic mass is 16.1. The normalized spacial score (nSPS) is 10.1. The second kappa shape index (κ2) is 4.61. The van der Waals surface area contributed by atoms with Crippen LogP contribution in [0.15, 0.2) is 47.5 Å². The predicted molar refractivity (Wildman–Crippen MR) is 63.6 cm³/mol. The van der Waals surface area contributed by atoms with Crippen molar-refractivity contribution in [3.63, 3.8) is 0 Å². The van der Waals surface area contributed by atoms with E-state index in [9.17, 15) is 4.79 Å². The molecule has 0 saturated carbocycles. The Morgan fingerprint density at radius 2 is 2.00 bits per heavy atom. The van der Waals surface area contributed by atoms with Gasteiger partial charge < -0.3 is 9.88 Å². The van der Waals surface area contributed by atoms with E-state index in [0.717, 1.165) is 11.5 Å². The molecule has 16 heavy (non-hydrogen) atoms. The van der Waals surface area contributed by atoms with Crippen LogP contribution in [0.25, 0.3) is 0 Å². The second-order valence-corrected chi connectivity index (χ2v) is 3.47. The lowest BCUT2D eigenvalue weighted by Gasteiger charge is -2.06. The Morgan fingerprint density at radius 1 is 1.25 bits per heavy atom. The number of rotatable bonds is 3. The van der Waals surface area contributed by atoms with Crippen LogP contribution in [-0.4, -0.2) is 16.6 Å². The maximum Gasteiger partial charge on any atom is 0.181 e. The number of anilines is 1. The van der Waals surface area contributed by atoms with Crippen LogP contribution >= 0.6 is 0 Å². The zero-order valence-electron chi connectivity index (χ0n) is 9.05. The first-order chi connectivity index (χ1) is 7.78. The molecule has 0 amide bonds. The molecule has 0 fully saturated rings. The van der Waals surface area contributed by atoms with Crippen molar-refractivity contribution < 1.29 is 0 Å². The van der Waals surface area contributed by atoms with Crippen LogP contribution in [0.4, 0.5) is 5.82 Å². The minimum Gasteiger partial charge on any atom is -0.373 e. The van der Waals surface area contributed by atoms with E-state index in [4.69, 9.17) is 0 Å². The first-order valence-electron chi connectivity index (χ1n) is 5.08. The van der Waals surface area contributed by atoms with Gasteiger partial charge in [-0.2, -0.15) is 0 Å². The molecule has 0 aliphatic carbocycles. The number of pyridine rings is 2. The Bertz CT molecular complexity index is 513. The fraction of sp³-hybridized carbons (Fsp3) is 0.167.